The highest BCUT2D eigenvalue weighted by Gasteiger charge is 2.26. The molecule has 132 valence electrons. The van der Waals surface area contributed by atoms with Crippen molar-refractivity contribution >= 4 is 5.91 Å². The Bertz CT molecular complexity index is 688. The molecule has 1 aliphatic rings. The lowest BCUT2D eigenvalue weighted by atomic mass is 10.0. The fraction of sp³-hybridized carbons (Fsp3) is 0.350. The molecule has 0 radical (unpaired) electrons. The summed E-state index contributed by atoms with van der Waals surface area (Å²) in [7, 11) is 1.91. The van der Waals surface area contributed by atoms with Gasteiger partial charge in [0.1, 0.15) is 6.04 Å². The number of rotatable bonds is 5. The van der Waals surface area contributed by atoms with Crippen LogP contribution in [0.15, 0.2) is 54.6 Å². The zero-order valence-electron chi connectivity index (χ0n) is 14.4. The average molecular weight is 340 g/mol. The van der Waals surface area contributed by atoms with Gasteiger partial charge in [-0.25, -0.2) is 0 Å². The van der Waals surface area contributed by atoms with Crippen LogP contribution in [0.1, 0.15) is 11.7 Å². The third kappa shape index (κ3) is 4.45. The first kappa shape index (κ1) is 17.6. The van der Waals surface area contributed by atoms with E-state index in [9.17, 15) is 9.90 Å². The van der Waals surface area contributed by atoms with E-state index in [4.69, 9.17) is 4.74 Å². The summed E-state index contributed by atoms with van der Waals surface area (Å²) in [5, 5.41) is 13.2. The van der Waals surface area contributed by atoms with Crippen molar-refractivity contribution in [3.05, 3.63) is 60.2 Å². The molecule has 0 unspecified atom stereocenters. The van der Waals surface area contributed by atoms with E-state index in [0.717, 1.165) is 23.2 Å². The van der Waals surface area contributed by atoms with Gasteiger partial charge in [0.25, 0.3) is 0 Å². The molecule has 2 N–H and O–H groups in total. The largest absolute Gasteiger partial charge is 0.387 e. The van der Waals surface area contributed by atoms with Crippen LogP contribution in [0, 0.1) is 0 Å². The molecule has 0 bridgehead atoms. The van der Waals surface area contributed by atoms with Gasteiger partial charge in [0.2, 0.25) is 5.91 Å². The Morgan fingerprint density at radius 1 is 1.20 bits per heavy atom. The molecule has 0 aromatic heterocycles. The Hall–Kier alpha value is -2.21. The standard InChI is InChI=1S/C20H24N2O3/c1-22-11-12-25-14-18(22)20(24)21-13-19(23)17-9-7-16(8-10-17)15-5-3-2-4-6-15/h2-10,18-19,23H,11-14H2,1H3,(H,21,24)/t18-,19+/m1/s1. The molecule has 2 atom stereocenters. The van der Waals surface area contributed by atoms with Gasteiger partial charge < -0.3 is 15.2 Å². The maximum atomic E-state index is 12.2. The van der Waals surface area contributed by atoms with Crippen LogP contribution < -0.4 is 5.32 Å². The number of hydrogen-bond donors (Lipinski definition) is 2. The van der Waals surface area contributed by atoms with Crippen molar-refractivity contribution in [2.45, 2.75) is 12.1 Å². The van der Waals surface area contributed by atoms with Crippen LogP contribution in [0.25, 0.3) is 11.1 Å². The molecule has 1 amide bonds. The lowest BCUT2D eigenvalue weighted by Gasteiger charge is -2.31. The van der Waals surface area contributed by atoms with Gasteiger partial charge in [0.15, 0.2) is 0 Å². The molecular formula is C20H24N2O3. The minimum atomic E-state index is -0.733. The molecule has 0 saturated carbocycles. The number of nitrogens with zero attached hydrogens (tertiary/aromatic N) is 1. The number of morpholine rings is 1. The van der Waals surface area contributed by atoms with Crippen LogP contribution in [0.4, 0.5) is 0 Å². The number of carbonyl (C=O) groups is 1. The lowest BCUT2D eigenvalue weighted by Crippen LogP contribution is -2.52. The van der Waals surface area contributed by atoms with Gasteiger partial charge in [-0.05, 0) is 23.7 Å². The number of nitrogens with one attached hydrogen (secondary N) is 1. The maximum Gasteiger partial charge on any atom is 0.239 e. The molecule has 1 aliphatic heterocycles. The first-order chi connectivity index (χ1) is 12.1. The van der Waals surface area contributed by atoms with Crippen LogP contribution in [0.3, 0.4) is 0 Å². The summed E-state index contributed by atoms with van der Waals surface area (Å²) in [6.07, 6.45) is -0.733. The van der Waals surface area contributed by atoms with E-state index in [1.54, 1.807) is 0 Å². The molecule has 5 nitrogen and oxygen atoms in total. The summed E-state index contributed by atoms with van der Waals surface area (Å²) in [4.78, 5) is 14.2. The van der Waals surface area contributed by atoms with E-state index >= 15 is 0 Å². The molecule has 1 fully saturated rings. The molecular weight excluding hydrogens is 316 g/mol. The normalized spacial score (nSPS) is 19.4. The number of ether oxygens (including phenoxy) is 1. The fourth-order valence-corrected chi connectivity index (χ4v) is 2.92. The van der Waals surface area contributed by atoms with Crippen molar-refractivity contribution in [2.75, 3.05) is 33.4 Å². The summed E-state index contributed by atoms with van der Waals surface area (Å²) >= 11 is 0. The van der Waals surface area contributed by atoms with Crippen molar-refractivity contribution in [3.8, 4) is 11.1 Å². The first-order valence-electron chi connectivity index (χ1n) is 8.54. The van der Waals surface area contributed by atoms with Gasteiger partial charge in [-0.15, -0.1) is 0 Å². The molecule has 2 aromatic rings. The number of carbonyl (C=O) groups excluding carboxylic acids is 1. The van der Waals surface area contributed by atoms with Crippen molar-refractivity contribution in [1.29, 1.82) is 0 Å². The third-order valence-electron chi connectivity index (χ3n) is 4.57. The average Bonchev–Trinajstić information content (AvgIpc) is 2.67. The molecule has 0 aliphatic carbocycles. The van der Waals surface area contributed by atoms with Crippen LogP contribution in [0.2, 0.25) is 0 Å². The molecule has 3 rings (SSSR count). The van der Waals surface area contributed by atoms with E-state index in [2.05, 4.69) is 17.4 Å². The number of hydrogen-bond acceptors (Lipinski definition) is 4. The van der Waals surface area contributed by atoms with E-state index in [-0.39, 0.29) is 18.5 Å². The minimum absolute atomic E-state index is 0.109. The van der Waals surface area contributed by atoms with Gasteiger partial charge >= 0.3 is 0 Å². The minimum Gasteiger partial charge on any atom is -0.387 e. The molecule has 2 aromatic carbocycles. The monoisotopic (exact) mass is 340 g/mol. The number of aliphatic hydroxyl groups is 1. The predicted molar refractivity (Wildman–Crippen MR) is 97.1 cm³/mol. The van der Waals surface area contributed by atoms with Crippen LogP contribution in [-0.2, 0) is 9.53 Å². The Labute approximate surface area is 148 Å². The number of amides is 1. The summed E-state index contributed by atoms with van der Waals surface area (Å²) < 4.78 is 5.36. The van der Waals surface area contributed by atoms with Gasteiger partial charge in [-0.1, -0.05) is 54.6 Å². The Kier molecular flexibility index (Phi) is 5.81. The Balaban J connectivity index is 1.56. The Morgan fingerprint density at radius 2 is 1.88 bits per heavy atom. The SMILES string of the molecule is CN1CCOC[C@@H]1C(=O)NC[C@H](O)c1ccc(-c2ccccc2)cc1. The number of aliphatic hydroxyl groups excluding tert-OH is 1. The lowest BCUT2D eigenvalue weighted by molar-refractivity contribution is -0.131. The smallest absolute Gasteiger partial charge is 0.239 e. The fourth-order valence-electron chi connectivity index (χ4n) is 2.92. The highest BCUT2D eigenvalue weighted by atomic mass is 16.5. The van der Waals surface area contributed by atoms with Crippen LogP contribution >= 0.6 is 0 Å². The molecule has 1 heterocycles. The maximum absolute atomic E-state index is 12.2. The quantitative estimate of drug-likeness (QED) is 0.872. The van der Waals surface area contributed by atoms with Crippen LogP contribution in [0.5, 0.6) is 0 Å². The summed E-state index contributed by atoms with van der Waals surface area (Å²) in [6.45, 7) is 1.97. The highest BCUT2D eigenvalue weighted by molar-refractivity contribution is 5.82. The van der Waals surface area contributed by atoms with Crippen molar-refractivity contribution < 1.29 is 14.6 Å². The number of likely N-dealkylation sites (N-methyl/N-ethyl adjacent to an activating group) is 1. The Morgan fingerprint density at radius 3 is 2.56 bits per heavy atom. The second-order valence-electron chi connectivity index (χ2n) is 6.32. The van der Waals surface area contributed by atoms with Gasteiger partial charge in [-0.3, -0.25) is 9.69 Å². The summed E-state index contributed by atoms with van der Waals surface area (Å²) in [6, 6.07) is 17.6. The van der Waals surface area contributed by atoms with Crippen molar-refractivity contribution in [2.24, 2.45) is 0 Å². The molecule has 25 heavy (non-hydrogen) atoms. The van der Waals surface area contributed by atoms with E-state index in [0.29, 0.717) is 13.2 Å². The van der Waals surface area contributed by atoms with Crippen LogP contribution in [-0.4, -0.2) is 55.3 Å². The molecule has 0 spiro atoms. The molecule has 1 saturated heterocycles. The first-order valence-corrected chi connectivity index (χ1v) is 8.54. The zero-order valence-corrected chi connectivity index (χ0v) is 14.4. The highest BCUT2D eigenvalue weighted by Crippen LogP contribution is 2.21. The summed E-state index contributed by atoms with van der Waals surface area (Å²) in [5.41, 5.74) is 3.02. The topological polar surface area (TPSA) is 61.8 Å². The second-order valence-corrected chi connectivity index (χ2v) is 6.32. The third-order valence-corrected chi connectivity index (χ3v) is 4.57. The van der Waals surface area contributed by atoms with E-state index < -0.39 is 6.10 Å². The van der Waals surface area contributed by atoms with Gasteiger partial charge in [0.05, 0.1) is 19.3 Å². The van der Waals surface area contributed by atoms with Crippen molar-refractivity contribution in [1.82, 2.24) is 10.2 Å². The van der Waals surface area contributed by atoms with Gasteiger partial charge in [-0.2, -0.15) is 0 Å². The number of benzene rings is 2. The van der Waals surface area contributed by atoms with Gasteiger partial charge in [0, 0.05) is 13.1 Å². The van der Waals surface area contributed by atoms with Crippen molar-refractivity contribution in [3.63, 3.8) is 0 Å². The van der Waals surface area contributed by atoms with E-state index in [1.165, 1.54) is 0 Å². The zero-order chi connectivity index (χ0) is 17.6. The molecule has 5 heteroatoms. The summed E-state index contributed by atoms with van der Waals surface area (Å²) in [5.74, 6) is -0.109. The predicted octanol–water partition coefficient (Wildman–Crippen LogP) is 1.83. The second kappa shape index (κ2) is 8.25. The van der Waals surface area contributed by atoms with E-state index in [1.807, 2.05) is 54.4 Å².